The van der Waals surface area contributed by atoms with Gasteiger partial charge in [-0.15, -0.1) is 0 Å². The van der Waals surface area contributed by atoms with Crippen molar-refractivity contribution in [3.05, 3.63) is 34.6 Å². The third-order valence-electron chi connectivity index (χ3n) is 4.47. The summed E-state index contributed by atoms with van der Waals surface area (Å²) in [6, 6.07) is 7.38. The fourth-order valence-electron chi connectivity index (χ4n) is 2.82. The lowest BCUT2D eigenvalue weighted by Crippen LogP contribution is -2.33. The van der Waals surface area contributed by atoms with E-state index in [9.17, 15) is 9.59 Å². The van der Waals surface area contributed by atoms with Gasteiger partial charge in [0.15, 0.2) is 11.4 Å². The van der Waals surface area contributed by atoms with Crippen molar-refractivity contribution in [3.8, 4) is 0 Å². The monoisotopic (exact) mass is 421 g/mol. The second kappa shape index (κ2) is 11.9. The summed E-state index contributed by atoms with van der Waals surface area (Å²) in [6.45, 7) is 9.28. The van der Waals surface area contributed by atoms with Crippen LogP contribution in [0.4, 0.5) is 0 Å². The number of nitrogens with zero attached hydrogens (tertiary/aromatic N) is 2. The summed E-state index contributed by atoms with van der Waals surface area (Å²) in [5.74, 6) is 0.134. The van der Waals surface area contributed by atoms with Crippen LogP contribution in [0.2, 0.25) is 0 Å². The highest BCUT2D eigenvalue weighted by Crippen LogP contribution is 2.19. The Labute approximate surface area is 176 Å². The van der Waals surface area contributed by atoms with Crippen molar-refractivity contribution >= 4 is 28.6 Å². The molecule has 0 spiro atoms. The van der Waals surface area contributed by atoms with E-state index in [-0.39, 0.29) is 29.6 Å². The van der Waals surface area contributed by atoms with Gasteiger partial charge in [-0.2, -0.15) is 0 Å². The maximum atomic E-state index is 13.1. The number of benzene rings is 1. The zero-order chi connectivity index (χ0) is 21.2. The average Bonchev–Trinajstić information content (AvgIpc) is 2.71. The number of ether oxygens (including phenoxy) is 2. The van der Waals surface area contributed by atoms with Gasteiger partial charge < -0.3 is 14.8 Å². The zero-order valence-corrected chi connectivity index (χ0v) is 18.5. The fourth-order valence-corrected chi connectivity index (χ4v) is 3.66. The smallest absolute Gasteiger partial charge is 0.262 e. The molecule has 0 saturated heterocycles. The van der Waals surface area contributed by atoms with Crippen molar-refractivity contribution in [2.45, 2.75) is 64.6 Å². The molecule has 29 heavy (non-hydrogen) atoms. The Morgan fingerprint density at radius 1 is 1.21 bits per heavy atom. The molecule has 7 nitrogen and oxygen atoms in total. The van der Waals surface area contributed by atoms with Crippen LogP contribution in [0.5, 0.6) is 0 Å². The number of amides is 1. The summed E-state index contributed by atoms with van der Waals surface area (Å²) in [5, 5.41) is 4.03. The Kier molecular flexibility index (Phi) is 9.63. The van der Waals surface area contributed by atoms with Crippen molar-refractivity contribution in [1.29, 1.82) is 0 Å². The molecule has 1 N–H and O–H groups in total. The Hall–Kier alpha value is -1.90. The first-order valence-corrected chi connectivity index (χ1v) is 11.1. The molecule has 0 saturated carbocycles. The molecule has 160 valence electrons. The van der Waals surface area contributed by atoms with Crippen LogP contribution in [-0.2, 0) is 20.8 Å². The predicted molar refractivity (Wildman–Crippen MR) is 116 cm³/mol. The number of para-hydroxylation sites is 1. The van der Waals surface area contributed by atoms with E-state index in [1.165, 1.54) is 11.8 Å². The van der Waals surface area contributed by atoms with Gasteiger partial charge in [-0.05, 0) is 39.3 Å². The van der Waals surface area contributed by atoms with Crippen LogP contribution in [0.15, 0.2) is 34.2 Å². The first-order valence-electron chi connectivity index (χ1n) is 10.1. The van der Waals surface area contributed by atoms with E-state index in [0.717, 1.165) is 6.42 Å². The highest BCUT2D eigenvalue weighted by Gasteiger charge is 2.16. The topological polar surface area (TPSA) is 82.5 Å². The molecule has 2 aromatic rings. The molecule has 1 atom stereocenters. The molecule has 0 radical (unpaired) electrons. The van der Waals surface area contributed by atoms with Crippen molar-refractivity contribution < 1.29 is 14.3 Å². The summed E-state index contributed by atoms with van der Waals surface area (Å²) in [5.41, 5.74) is 0.511. The van der Waals surface area contributed by atoms with E-state index in [4.69, 9.17) is 9.47 Å². The highest BCUT2D eigenvalue weighted by atomic mass is 32.2. The average molecular weight is 422 g/mol. The molecule has 0 bridgehead atoms. The fraction of sp³-hybridized carbons (Fsp3) is 0.571. The maximum absolute atomic E-state index is 13.1. The van der Waals surface area contributed by atoms with Crippen molar-refractivity contribution in [1.82, 2.24) is 14.9 Å². The van der Waals surface area contributed by atoms with Crippen LogP contribution in [0.25, 0.3) is 10.9 Å². The van der Waals surface area contributed by atoms with Crippen molar-refractivity contribution in [2.75, 3.05) is 19.0 Å². The van der Waals surface area contributed by atoms with Gasteiger partial charge in [-0.1, -0.05) is 30.8 Å². The van der Waals surface area contributed by atoms with Gasteiger partial charge in [0.1, 0.15) is 0 Å². The number of fused-ring (bicyclic) bond motifs is 1. The van der Waals surface area contributed by atoms with Crippen LogP contribution in [0, 0.1) is 0 Å². The van der Waals surface area contributed by atoms with E-state index in [0.29, 0.717) is 42.2 Å². The predicted octanol–water partition coefficient (Wildman–Crippen LogP) is 3.19. The number of aromatic nitrogens is 2. The molecule has 0 fully saturated rings. The van der Waals surface area contributed by atoms with Gasteiger partial charge in [0.2, 0.25) is 5.91 Å². The van der Waals surface area contributed by atoms with Gasteiger partial charge >= 0.3 is 0 Å². The molecule has 1 amide bonds. The molecule has 2 rings (SSSR count). The molecule has 0 aliphatic heterocycles. The quantitative estimate of drug-likeness (QED) is 0.322. The third kappa shape index (κ3) is 6.83. The minimum atomic E-state index is -0.380. The molecule has 1 heterocycles. The maximum Gasteiger partial charge on any atom is 0.262 e. The number of hydrogen-bond acceptors (Lipinski definition) is 6. The molecule has 8 heteroatoms. The number of hydrogen-bond donors (Lipinski definition) is 1. The summed E-state index contributed by atoms with van der Waals surface area (Å²) >= 11 is 1.27. The lowest BCUT2D eigenvalue weighted by molar-refractivity contribution is -0.141. The lowest BCUT2D eigenvalue weighted by Gasteiger charge is -2.19. The first kappa shape index (κ1) is 23.4. The number of carbonyl (C=O) groups excluding carboxylic acids is 1. The van der Waals surface area contributed by atoms with Crippen LogP contribution in [-0.4, -0.2) is 46.8 Å². The number of nitrogens with one attached hydrogen (secondary N) is 1. The Bertz CT molecular complexity index is 849. The van der Waals surface area contributed by atoms with Gasteiger partial charge in [0, 0.05) is 32.2 Å². The van der Waals surface area contributed by atoms with Gasteiger partial charge in [-0.25, -0.2) is 4.98 Å². The second-order valence-electron chi connectivity index (χ2n) is 6.66. The Balaban J connectivity index is 2.25. The summed E-state index contributed by atoms with van der Waals surface area (Å²) in [4.78, 5) is 29.9. The molecule has 0 aliphatic rings. The van der Waals surface area contributed by atoms with E-state index < -0.39 is 0 Å². The zero-order valence-electron chi connectivity index (χ0n) is 17.6. The summed E-state index contributed by atoms with van der Waals surface area (Å²) < 4.78 is 12.8. The van der Waals surface area contributed by atoms with E-state index in [1.807, 2.05) is 45.9 Å². The highest BCUT2D eigenvalue weighted by molar-refractivity contribution is 7.99. The van der Waals surface area contributed by atoms with Gasteiger partial charge in [0.25, 0.3) is 5.56 Å². The molecule has 0 aliphatic carbocycles. The van der Waals surface area contributed by atoms with Gasteiger partial charge in [0.05, 0.1) is 16.7 Å². The van der Waals surface area contributed by atoms with Crippen LogP contribution in [0.3, 0.4) is 0 Å². The van der Waals surface area contributed by atoms with Gasteiger partial charge in [-0.3, -0.25) is 14.2 Å². The van der Waals surface area contributed by atoms with Crippen molar-refractivity contribution in [2.24, 2.45) is 0 Å². The largest absolute Gasteiger partial charge is 0.353 e. The Morgan fingerprint density at radius 2 is 1.90 bits per heavy atom. The molecular formula is C21H31N3O4S. The normalized spacial score (nSPS) is 12.4. The Morgan fingerprint density at radius 3 is 2.55 bits per heavy atom. The first-order chi connectivity index (χ1) is 14.0. The van der Waals surface area contributed by atoms with Crippen molar-refractivity contribution in [3.63, 3.8) is 0 Å². The summed E-state index contributed by atoms with van der Waals surface area (Å²) in [7, 11) is 0. The van der Waals surface area contributed by atoms with Crippen LogP contribution >= 0.6 is 11.8 Å². The lowest BCUT2D eigenvalue weighted by atomic mass is 10.2. The van der Waals surface area contributed by atoms with Crippen LogP contribution in [0.1, 0.15) is 40.5 Å². The standard InChI is InChI=1S/C21H31N3O4S/c1-5-15(4)22-18(25)14-29-21-23-17-11-9-8-10-16(17)20(26)24(21)13-12-19(27-6-2)28-7-3/h8-11,15,19H,5-7,12-14H2,1-4H3,(H,22,25). The van der Waals surface area contributed by atoms with E-state index in [2.05, 4.69) is 10.3 Å². The molecule has 1 aromatic heterocycles. The number of carbonyl (C=O) groups is 1. The SMILES string of the molecule is CCOC(CCn1c(SCC(=O)NC(C)CC)nc2ccccc2c1=O)OCC. The number of thioether (sulfide) groups is 1. The van der Waals surface area contributed by atoms with E-state index >= 15 is 0 Å². The second-order valence-corrected chi connectivity index (χ2v) is 7.61. The molecule has 1 aromatic carbocycles. The minimum Gasteiger partial charge on any atom is -0.353 e. The minimum absolute atomic E-state index is 0.0696. The van der Waals surface area contributed by atoms with E-state index in [1.54, 1.807) is 10.6 Å². The number of rotatable bonds is 12. The molecule has 1 unspecified atom stereocenters. The summed E-state index contributed by atoms with van der Waals surface area (Å²) in [6.07, 6.45) is 1.01. The third-order valence-corrected chi connectivity index (χ3v) is 5.45. The molecular weight excluding hydrogens is 390 g/mol. The van der Waals surface area contributed by atoms with Crippen LogP contribution < -0.4 is 10.9 Å².